The number of carbonyl (C=O) groups is 1. The maximum absolute atomic E-state index is 12.1. The molecule has 1 aromatic carbocycles. The van der Waals surface area contributed by atoms with Crippen molar-refractivity contribution in [3.8, 4) is 5.75 Å². The third kappa shape index (κ3) is 2.47. The predicted octanol–water partition coefficient (Wildman–Crippen LogP) is 3.41. The molecule has 4 heteroatoms. The van der Waals surface area contributed by atoms with Crippen LogP contribution in [-0.4, -0.2) is 17.6 Å². The van der Waals surface area contributed by atoms with Gasteiger partial charge in [-0.2, -0.15) is 0 Å². The van der Waals surface area contributed by atoms with E-state index in [-0.39, 0.29) is 22.5 Å². The molecule has 2 rings (SSSR count). The lowest BCUT2D eigenvalue weighted by atomic mass is 10.0. The minimum atomic E-state index is -0.200. The molecule has 1 aliphatic carbocycles. The Morgan fingerprint density at radius 2 is 1.89 bits per heavy atom. The molecule has 0 spiro atoms. The fourth-order valence-corrected chi connectivity index (χ4v) is 3.31. The van der Waals surface area contributed by atoms with E-state index in [2.05, 4.69) is 55.6 Å². The second-order valence-electron chi connectivity index (χ2n) is 6.37. The summed E-state index contributed by atoms with van der Waals surface area (Å²) in [4.78, 5) is 12.1. The average molecular weight is 373 g/mol. The molecule has 1 aliphatic rings. The van der Waals surface area contributed by atoms with E-state index in [1.165, 1.54) is 0 Å². The van der Waals surface area contributed by atoms with Crippen molar-refractivity contribution >= 4 is 28.5 Å². The smallest absolute Gasteiger partial charge is 0.255 e. The standard InChI is InChI=1S/C15H20INO2/c1-14(2)12(15(14,3)4)8-17-13(19)10-7-9(16)5-6-11(10)18/h5-7,12,18H,8H2,1-4H3,(H,17,19). The number of nitrogens with one attached hydrogen (secondary N) is 1. The molecule has 0 atom stereocenters. The van der Waals surface area contributed by atoms with Crippen LogP contribution in [0.1, 0.15) is 38.1 Å². The van der Waals surface area contributed by atoms with E-state index >= 15 is 0 Å². The highest BCUT2D eigenvalue weighted by molar-refractivity contribution is 14.1. The zero-order chi connectivity index (χ0) is 14.4. The van der Waals surface area contributed by atoms with Crippen LogP contribution in [0.15, 0.2) is 18.2 Å². The van der Waals surface area contributed by atoms with E-state index in [1.807, 2.05) is 0 Å². The molecule has 1 aromatic rings. The Kier molecular flexibility index (Phi) is 3.58. The van der Waals surface area contributed by atoms with Gasteiger partial charge >= 0.3 is 0 Å². The van der Waals surface area contributed by atoms with Gasteiger partial charge in [0.15, 0.2) is 0 Å². The fourth-order valence-electron chi connectivity index (χ4n) is 2.82. The number of phenolic OH excluding ortho intramolecular Hbond substituents is 1. The molecule has 0 heterocycles. The first-order valence-corrected chi connectivity index (χ1v) is 7.52. The van der Waals surface area contributed by atoms with Crippen LogP contribution in [0, 0.1) is 20.3 Å². The molecular formula is C15H20INO2. The van der Waals surface area contributed by atoms with Crippen molar-refractivity contribution in [3.63, 3.8) is 0 Å². The van der Waals surface area contributed by atoms with Gasteiger partial charge in [0.05, 0.1) is 5.56 Å². The Balaban J connectivity index is 2.02. The highest BCUT2D eigenvalue weighted by Gasteiger charge is 2.64. The molecule has 1 saturated carbocycles. The molecule has 104 valence electrons. The summed E-state index contributed by atoms with van der Waals surface area (Å²) in [6.45, 7) is 9.57. The van der Waals surface area contributed by atoms with E-state index in [4.69, 9.17) is 0 Å². The Morgan fingerprint density at radius 3 is 2.42 bits per heavy atom. The maximum atomic E-state index is 12.1. The zero-order valence-electron chi connectivity index (χ0n) is 11.7. The summed E-state index contributed by atoms with van der Waals surface area (Å²) in [5, 5.41) is 12.7. The summed E-state index contributed by atoms with van der Waals surface area (Å²) >= 11 is 2.13. The van der Waals surface area contributed by atoms with E-state index in [9.17, 15) is 9.90 Å². The van der Waals surface area contributed by atoms with E-state index in [1.54, 1.807) is 18.2 Å². The summed E-state index contributed by atoms with van der Waals surface area (Å²) in [6, 6.07) is 5.04. The van der Waals surface area contributed by atoms with Crippen LogP contribution < -0.4 is 5.32 Å². The molecule has 3 nitrogen and oxygen atoms in total. The summed E-state index contributed by atoms with van der Waals surface area (Å²) in [6.07, 6.45) is 0. The van der Waals surface area contributed by atoms with Gasteiger partial charge in [-0.3, -0.25) is 4.79 Å². The number of benzene rings is 1. The third-order valence-corrected chi connectivity index (χ3v) is 5.66. The SMILES string of the molecule is CC1(C)C(CNC(=O)c2cc(I)ccc2O)C1(C)C. The first kappa shape index (κ1) is 14.6. The van der Waals surface area contributed by atoms with Gasteiger partial charge in [-0.25, -0.2) is 0 Å². The predicted molar refractivity (Wildman–Crippen MR) is 84.2 cm³/mol. The van der Waals surface area contributed by atoms with Gasteiger partial charge < -0.3 is 10.4 Å². The molecule has 0 radical (unpaired) electrons. The number of rotatable bonds is 3. The van der Waals surface area contributed by atoms with Crippen molar-refractivity contribution in [1.82, 2.24) is 5.32 Å². The van der Waals surface area contributed by atoms with E-state index < -0.39 is 0 Å². The van der Waals surface area contributed by atoms with Crippen molar-refractivity contribution < 1.29 is 9.90 Å². The number of hydrogen-bond acceptors (Lipinski definition) is 2. The molecule has 1 fully saturated rings. The van der Waals surface area contributed by atoms with Gasteiger partial charge in [0, 0.05) is 10.1 Å². The molecule has 0 unspecified atom stereocenters. The molecule has 0 aliphatic heterocycles. The van der Waals surface area contributed by atoms with Crippen molar-refractivity contribution in [2.45, 2.75) is 27.7 Å². The van der Waals surface area contributed by atoms with Crippen molar-refractivity contribution in [2.75, 3.05) is 6.54 Å². The normalized spacial score (nSPS) is 20.1. The third-order valence-electron chi connectivity index (χ3n) is 4.99. The van der Waals surface area contributed by atoms with Crippen LogP contribution in [0.4, 0.5) is 0 Å². The first-order valence-electron chi connectivity index (χ1n) is 6.44. The lowest BCUT2D eigenvalue weighted by Crippen LogP contribution is -2.27. The second kappa shape index (κ2) is 4.65. The quantitative estimate of drug-likeness (QED) is 0.798. The Labute approximate surface area is 127 Å². The van der Waals surface area contributed by atoms with Gasteiger partial charge in [-0.05, 0) is 57.5 Å². The highest BCUT2D eigenvalue weighted by Crippen LogP contribution is 2.67. The Morgan fingerprint density at radius 1 is 1.32 bits per heavy atom. The van der Waals surface area contributed by atoms with Crippen LogP contribution in [0.3, 0.4) is 0 Å². The second-order valence-corrected chi connectivity index (χ2v) is 7.61. The number of hydrogen-bond donors (Lipinski definition) is 2. The minimum Gasteiger partial charge on any atom is -0.507 e. The number of amides is 1. The first-order chi connectivity index (χ1) is 8.68. The molecule has 19 heavy (non-hydrogen) atoms. The van der Waals surface area contributed by atoms with Crippen LogP contribution in [-0.2, 0) is 0 Å². The number of phenols is 1. The maximum Gasteiger partial charge on any atom is 0.255 e. The molecule has 0 bridgehead atoms. The van der Waals surface area contributed by atoms with Crippen molar-refractivity contribution in [3.05, 3.63) is 27.3 Å². The lowest BCUT2D eigenvalue weighted by Gasteiger charge is -2.08. The van der Waals surface area contributed by atoms with Gasteiger partial charge in [-0.15, -0.1) is 0 Å². The number of aromatic hydroxyl groups is 1. The number of carbonyl (C=O) groups excluding carboxylic acids is 1. The van der Waals surface area contributed by atoms with Gasteiger partial charge in [0.25, 0.3) is 5.91 Å². The zero-order valence-corrected chi connectivity index (χ0v) is 13.9. The van der Waals surface area contributed by atoms with E-state index in [0.717, 1.165) is 3.57 Å². The highest BCUT2D eigenvalue weighted by atomic mass is 127. The van der Waals surface area contributed by atoms with Gasteiger partial charge in [-0.1, -0.05) is 27.7 Å². The molecule has 1 amide bonds. The van der Waals surface area contributed by atoms with Crippen LogP contribution in [0.5, 0.6) is 5.75 Å². The van der Waals surface area contributed by atoms with Crippen LogP contribution in [0.2, 0.25) is 0 Å². The minimum absolute atomic E-state index is 0.0345. The van der Waals surface area contributed by atoms with Crippen molar-refractivity contribution in [1.29, 1.82) is 0 Å². The summed E-state index contributed by atoms with van der Waals surface area (Å²) < 4.78 is 0.938. The van der Waals surface area contributed by atoms with Crippen molar-refractivity contribution in [2.24, 2.45) is 16.7 Å². The van der Waals surface area contributed by atoms with Gasteiger partial charge in [0.1, 0.15) is 5.75 Å². The van der Waals surface area contributed by atoms with Gasteiger partial charge in [0.2, 0.25) is 0 Å². The monoisotopic (exact) mass is 373 g/mol. The Bertz CT molecular complexity index is 509. The number of halogens is 1. The molecule has 0 aromatic heterocycles. The van der Waals surface area contributed by atoms with Crippen LogP contribution >= 0.6 is 22.6 Å². The van der Waals surface area contributed by atoms with Crippen LogP contribution in [0.25, 0.3) is 0 Å². The Hall–Kier alpha value is -0.780. The summed E-state index contributed by atoms with van der Waals surface area (Å²) in [5.74, 6) is 0.315. The molecule has 0 saturated heterocycles. The lowest BCUT2D eigenvalue weighted by molar-refractivity contribution is 0.0947. The summed E-state index contributed by atoms with van der Waals surface area (Å²) in [7, 11) is 0. The average Bonchev–Trinajstić information content (AvgIpc) is 2.70. The topological polar surface area (TPSA) is 49.3 Å². The van der Waals surface area contributed by atoms with E-state index in [0.29, 0.717) is 18.0 Å². The largest absolute Gasteiger partial charge is 0.507 e. The fraction of sp³-hybridized carbons (Fsp3) is 0.533. The molecule has 2 N–H and O–H groups in total. The summed E-state index contributed by atoms with van der Waals surface area (Å²) in [5.41, 5.74) is 0.865. The molecular weight excluding hydrogens is 353 g/mol.